The van der Waals surface area contributed by atoms with Gasteiger partial charge in [0, 0.05) is 20.3 Å². The van der Waals surface area contributed by atoms with E-state index in [1.807, 2.05) is 0 Å². The van der Waals surface area contributed by atoms with Gasteiger partial charge in [0.05, 0.1) is 6.61 Å². The molecule has 0 amide bonds. The number of carbonyl (C=O) groups is 2. The molecule has 1 heterocycles. The minimum Gasteiger partial charge on any atom is -0.458 e. The largest absolute Gasteiger partial charge is 0.458 e. The number of rotatable bonds is 2. The molecule has 1 rings (SSSR count). The Labute approximate surface area is 96.2 Å². The third-order valence-corrected chi connectivity index (χ3v) is 2.55. The predicted octanol–water partition coefficient (Wildman–Crippen LogP) is 0.991. The Hall–Kier alpha value is -0.620. The van der Waals surface area contributed by atoms with Crippen LogP contribution >= 0.6 is 15.9 Å². The summed E-state index contributed by atoms with van der Waals surface area (Å²) in [7, 11) is 0. The van der Waals surface area contributed by atoms with Crippen molar-refractivity contribution in [2.45, 2.75) is 37.5 Å². The fourth-order valence-corrected chi connectivity index (χ4v) is 1.89. The summed E-state index contributed by atoms with van der Waals surface area (Å²) in [5.41, 5.74) is 0. The van der Waals surface area contributed by atoms with Crippen LogP contribution in [-0.2, 0) is 23.8 Å². The molecule has 0 bridgehead atoms. The van der Waals surface area contributed by atoms with E-state index in [0.717, 1.165) is 0 Å². The zero-order valence-electron chi connectivity index (χ0n) is 8.57. The van der Waals surface area contributed by atoms with E-state index in [-0.39, 0.29) is 11.6 Å². The number of hydrogen-bond donors (Lipinski definition) is 0. The first-order valence-electron chi connectivity index (χ1n) is 4.59. The van der Waals surface area contributed by atoms with Crippen molar-refractivity contribution >= 4 is 27.9 Å². The molecule has 0 aliphatic carbocycles. The maximum Gasteiger partial charge on any atom is 0.303 e. The fraction of sp³-hybridized carbons (Fsp3) is 0.778. The molecule has 0 radical (unpaired) electrons. The topological polar surface area (TPSA) is 61.8 Å². The van der Waals surface area contributed by atoms with Gasteiger partial charge in [-0.15, -0.1) is 0 Å². The quantitative estimate of drug-likeness (QED) is 0.558. The average molecular weight is 281 g/mol. The summed E-state index contributed by atoms with van der Waals surface area (Å²) in [5.74, 6) is -0.799. The van der Waals surface area contributed by atoms with Crippen molar-refractivity contribution in [1.82, 2.24) is 0 Å². The minimum atomic E-state index is -0.514. The SMILES string of the molecule is CC(=O)OC1COC(Br)CC1OC(C)=O. The second kappa shape index (κ2) is 5.46. The van der Waals surface area contributed by atoms with Crippen molar-refractivity contribution in [3.8, 4) is 0 Å². The van der Waals surface area contributed by atoms with Crippen LogP contribution in [0.1, 0.15) is 20.3 Å². The Balaban J connectivity index is 2.57. The minimum absolute atomic E-state index is 0.173. The van der Waals surface area contributed by atoms with E-state index in [9.17, 15) is 9.59 Å². The number of ether oxygens (including phenoxy) is 3. The molecule has 1 aliphatic rings. The maximum absolute atomic E-state index is 10.8. The summed E-state index contributed by atoms with van der Waals surface area (Å²) in [4.78, 5) is 21.6. The van der Waals surface area contributed by atoms with E-state index in [0.29, 0.717) is 6.42 Å². The average Bonchev–Trinajstić information content (AvgIpc) is 2.08. The number of hydrogen-bond acceptors (Lipinski definition) is 5. The van der Waals surface area contributed by atoms with Gasteiger partial charge >= 0.3 is 11.9 Å². The van der Waals surface area contributed by atoms with Gasteiger partial charge in [-0.05, 0) is 0 Å². The third-order valence-electron chi connectivity index (χ3n) is 1.91. The summed E-state index contributed by atoms with van der Waals surface area (Å²) in [6.07, 6.45) is -0.484. The van der Waals surface area contributed by atoms with Gasteiger partial charge in [0.2, 0.25) is 0 Å². The van der Waals surface area contributed by atoms with Crippen molar-refractivity contribution in [3.05, 3.63) is 0 Å². The van der Waals surface area contributed by atoms with Crippen molar-refractivity contribution in [3.63, 3.8) is 0 Å². The van der Waals surface area contributed by atoms with Crippen LogP contribution in [0.25, 0.3) is 0 Å². The van der Waals surface area contributed by atoms with Crippen LogP contribution in [0.4, 0.5) is 0 Å². The number of alkyl halides is 1. The summed E-state index contributed by atoms with van der Waals surface area (Å²) >= 11 is 3.26. The maximum atomic E-state index is 10.8. The smallest absolute Gasteiger partial charge is 0.303 e. The molecule has 1 fully saturated rings. The molecule has 0 spiro atoms. The molecule has 5 nitrogen and oxygen atoms in total. The Morgan fingerprint density at radius 3 is 2.27 bits per heavy atom. The standard InChI is InChI=1S/C9H13BrO5/c1-5(11)14-7-3-9(10)13-4-8(7)15-6(2)12/h7-9H,3-4H2,1-2H3. The molecule has 0 aromatic heterocycles. The zero-order chi connectivity index (χ0) is 11.4. The van der Waals surface area contributed by atoms with Crippen LogP contribution in [0, 0.1) is 0 Å². The molecule has 6 heteroatoms. The molecular weight excluding hydrogens is 268 g/mol. The van der Waals surface area contributed by atoms with Crippen LogP contribution in [-0.4, -0.2) is 35.8 Å². The van der Waals surface area contributed by atoms with Gasteiger partial charge < -0.3 is 14.2 Å². The summed E-state index contributed by atoms with van der Waals surface area (Å²) in [6.45, 7) is 2.86. The van der Waals surface area contributed by atoms with Gasteiger partial charge in [0.15, 0.2) is 6.10 Å². The van der Waals surface area contributed by atoms with Gasteiger partial charge in [-0.2, -0.15) is 0 Å². The molecule has 0 aromatic carbocycles. The zero-order valence-corrected chi connectivity index (χ0v) is 10.2. The highest BCUT2D eigenvalue weighted by Gasteiger charge is 2.34. The molecule has 0 aromatic rings. The van der Waals surface area contributed by atoms with Crippen LogP contribution in [0.15, 0.2) is 0 Å². The summed E-state index contributed by atoms with van der Waals surface area (Å²) in [5, 5.41) is -0.173. The Kier molecular flexibility index (Phi) is 4.53. The van der Waals surface area contributed by atoms with Crippen molar-refractivity contribution < 1.29 is 23.8 Å². The van der Waals surface area contributed by atoms with Crippen LogP contribution in [0.3, 0.4) is 0 Å². The van der Waals surface area contributed by atoms with E-state index >= 15 is 0 Å². The summed E-state index contributed by atoms with van der Waals surface area (Å²) in [6, 6.07) is 0. The number of esters is 2. The second-order valence-corrected chi connectivity index (χ2v) is 4.30. The highest BCUT2D eigenvalue weighted by molar-refractivity contribution is 9.09. The predicted molar refractivity (Wildman–Crippen MR) is 54.4 cm³/mol. The van der Waals surface area contributed by atoms with Gasteiger partial charge in [0.1, 0.15) is 11.1 Å². The molecule has 1 aliphatic heterocycles. The monoisotopic (exact) mass is 280 g/mol. The molecule has 3 unspecified atom stereocenters. The normalized spacial score (nSPS) is 30.7. The fourth-order valence-electron chi connectivity index (χ4n) is 1.37. The van der Waals surface area contributed by atoms with Crippen molar-refractivity contribution in [2.75, 3.05) is 6.61 Å². The van der Waals surface area contributed by atoms with E-state index in [1.54, 1.807) is 0 Å². The number of carbonyl (C=O) groups excluding carboxylic acids is 2. The highest BCUT2D eigenvalue weighted by Crippen LogP contribution is 2.23. The number of halogens is 1. The Morgan fingerprint density at radius 1 is 1.20 bits per heavy atom. The van der Waals surface area contributed by atoms with Crippen LogP contribution < -0.4 is 0 Å². The lowest BCUT2D eigenvalue weighted by Crippen LogP contribution is -2.44. The molecule has 15 heavy (non-hydrogen) atoms. The van der Waals surface area contributed by atoms with Crippen LogP contribution in [0.2, 0.25) is 0 Å². The molecular formula is C9H13BrO5. The summed E-state index contributed by atoms with van der Waals surface area (Å²) < 4.78 is 15.3. The van der Waals surface area contributed by atoms with E-state index in [1.165, 1.54) is 13.8 Å². The first-order valence-corrected chi connectivity index (χ1v) is 5.50. The van der Waals surface area contributed by atoms with E-state index in [2.05, 4.69) is 15.9 Å². The Bertz CT molecular complexity index is 255. The van der Waals surface area contributed by atoms with E-state index in [4.69, 9.17) is 14.2 Å². The molecule has 1 saturated heterocycles. The first-order chi connectivity index (χ1) is 6.99. The Morgan fingerprint density at radius 2 is 1.73 bits per heavy atom. The molecule has 86 valence electrons. The van der Waals surface area contributed by atoms with Gasteiger partial charge in [0.25, 0.3) is 0 Å². The van der Waals surface area contributed by atoms with Crippen molar-refractivity contribution in [2.24, 2.45) is 0 Å². The molecule has 0 N–H and O–H groups in total. The van der Waals surface area contributed by atoms with E-state index < -0.39 is 24.1 Å². The highest BCUT2D eigenvalue weighted by atomic mass is 79.9. The van der Waals surface area contributed by atoms with Gasteiger partial charge in [-0.3, -0.25) is 9.59 Å². The lowest BCUT2D eigenvalue weighted by molar-refractivity contribution is -0.180. The molecule has 3 atom stereocenters. The first kappa shape index (κ1) is 12.4. The molecule has 0 saturated carbocycles. The third kappa shape index (κ3) is 4.17. The van der Waals surface area contributed by atoms with Crippen molar-refractivity contribution in [1.29, 1.82) is 0 Å². The second-order valence-electron chi connectivity index (χ2n) is 3.27. The lowest BCUT2D eigenvalue weighted by atomic mass is 10.1. The van der Waals surface area contributed by atoms with Crippen LogP contribution in [0.5, 0.6) is 0 Å². The lowest BCUT2D eigenvalue weighted by Gasteiger charge is -2.32. The van der Waals surface area contributed by atoms with Gasteiger partial charge in [-0.1, -0.05) is 15.9 Å². The van der Waals surface area contributed by atoms with Gasteiger partial charge in [-0.25, -0.2) is 0 Å².